The highest BCUT2D eigenvalue weighted by Gasteiger charge is 2.26. The molecule has 0 aromatic rings. The summed E-state index contributed by atoms with van der Waals surface area (Å²) in [6.45, 7) is 8.83. The first-order chi connectivity index (χ1) is 9.41. The maximum absolute atomic E-state index is 11.9. The first-order valence-corrected chi connectivity index (χ1v) is 7.03. The van der Waals surface area contributed by atoms with Crippen molar-refractivity contribution >= 4 is 12.0 Å². The number of ether oxygens (including phenoxy) is 1. The number of carbonyl (C=O) groups is 2. The van der Waals surface area contributed by atoms with E-state index in [4.69, 9.17) is 9.84 Å². The van der Waals surface area contributed by atoms with E-state index in [9.17, 15) is 9.59 Å². The Morgan fingerprint density at radius 1 is 1.20 bits per heavy atom. The van der Waals surface area contributed by atoms with Crippen molar-refractivity contribution in [2.45, 2.75) is 32.9 Å². The fraction of sp³-hybridized carbons (Fsp3) is 0.846. The second-order valence-corrected chi connectivity index (χ2v) is 5.19. The van der Waals surface area contributed by atoms with Crippen molar-refractivity contribution in [1.29, 1.82) is 0 Å². The molecule has 1 aliphatic heterocycles. The predicted octanol–water partition coefficient (Wildman–Crippen LogP) is 0.212. The van der Waals surface area contributed by atoms with Crippen LogP contribution in [-0.4, -0.2) is 78.4 Å². The smallest absolute Gasteiger partial charge is 0.320 e. The highest BCUT2D eigenvalue weighted by molar-refractivity contribution is 5.74. The zero-order chi connectivity index (χ0) is 15.1. The van der Waals surface area contributed by atoms with E-state index in [0.29, 0.717) is 39.3 Å². The molecule has 1 unspecified atom stereocenters. The van der Waals surface area contributed by atoms with Crippen LogP contribution >= 0.6 is 0 Å². The van der Waals surface area contributed by atoms with Gasteiger partial charge in [0.25, 0.3) is 0 Å². The van der Waals surface area contributed by atoms with Crippen LogP contribution in [0.1, 0.15) is 20.8 Å². The second kappa shape index (κ2) is 8.06. The summed E-state index contributed by atoms with van der Waals surface area (Å²) >= 11 is 0. The minimum absolute atomic E-state index is 0.111. The summed E-state index contributed by atoms with van der Waals surface area (Å²) < 4.78 is 5.35. The molecule has 2 N–H and O–H groups in total. The quantitative estimate of drug-likeness (QED) is 0.683. The topological polar surface area (TPSA) is 82.1 Å². The highest BCUT2D eigenvalue weighted by Crippen LogP contribution is 2.06. The van der Waals surface area contributed by atoms with Gasteiger partial charge in [0, 0.05) is 32.7 Å². The van der Waals surface area contributed by atoms with Crippen LogP contribution < -0.4 is 5.32 Å². The lowest BCUT2D eigenvalue weighted by Gasteiger charge is -2.36. The Kier molecular flexibility index (Phi) is 6.74. The average molecular weight is 287 g/mol. The number of piperazine rings is 1. The first-order valence-electron chi connectivity index (χ1n) is 7.03. The molecular weight excluding hydrogens is 262 g/mol. The van der Waals surface area contributed by atoms with E-state index in [-0.39, 0.29) is 12.1 Å². The van der Waals surface area contributed by atoms with Crippen molar-refractivity contribution in [2.24, 2.45) is 0 Å². The molecule has 0 saturated carbocycles. The van der Waals surface area contributed by atoms with Crippen molar-refractivity contribution in [1.82, 2.24) is 15.1 Å². The van der Waals surface area contributed by atoms with E-state index >= 15 is 0 Å². The molecule has 7 heteroatoms. The maximum Gasteiger partial charge on any atom is 0.320 e. The molecule has 0 bridgehead atoms. The normalized spacial score (nSPS) is 18.1. The SMILES string of the molecule is CC(C)OCCNC(=O)N1CCN(C(C)C(=O)O)CC1. The van der Waals surface area contributed by atoms with E-state index < -0.39 is 12.0 Å². The number of rotatable bonds is 6. The van der Waals surface area contributed by atoms with Gasteiger partial charge in [0.05, 0.1) is 12.7 Å². The van der Waals surface area contributed by atoms with Crippen LogP contribution in [0.2, 0.25) is 0 Å². The number of carboxylic acids is 1. The summed E-state index contributed by atoms with van der Waals surface area (Å²) in [7, 11) is 0. The van der Waals surface area contributed by atoms with Gasteiger partial charge in [-0.3, -0.25) is 9.69 Å². The lowest BCUT2D eigenvalue weighted by atomic mass is 10.2. The van der Waals surface area contributed by atoms with E-state index in [0.717, 1.165) is 0 Å². The molecule has 1 aliphatic rings. The van der Waals surface area contributed by atoms with Gasteiger partial charge >= 0.3 is 12.0 Å². The number of hydrogen-bond acceptors (Lipinski definition) is 4. The van der Waals surface area contributed by atoms with E-state index in [1.807, 2.05) is 18.7 Å². The third kappa shape index (κ3) is 5.34. The van der Waals surface area contributed by atoms with Gasteiger partial charge in [-0.15, -0.1) is 0 Å². The largest absolute Gasteiger partial charge is 0.480 e. The van der Waals surface area contributed by atoms with Gasteiger partial charge in [-0.25, -0.2) is 4.79 Å². The fourth-order valence-corrected chi connectivity index (χ4v) is 2.03. The number of nitrogens with zero attached hydrogens (tertiary/aromatic N) is 2. The monoisotopic (exact) mass is 287 g/mol. The molecular formula is C13H25N3O4. The van der Waals surface area contributed by atoms with E-state index in [1.54, 1.807) is 11.8 Å². The van der Waals surface area contributed by atoms with Crippen molar-refractivity contribution in [2.75, 3.05) is 39.3 Å². The molecule has 0 spiro atoms. The lowest BCUT2D eigenvalue weighted by Crippen LogP contribution is -2.55. The molecule has 2 amide bonds. The number of carbonyl (C=O) groups excluding carboxylic acids is 1. The predicted molar refractivity (Wildman–Crippen MR) is 74.7 cm³/mol. The van der Waals surface area contributed by atoms with Gasteiger partial charge in [-0.2, -0.15) is 0 Å². The molecule has 1 fully saturated rings. The van der Waals surface area contributed by atoms with Gasteiger partial charge in [-0.1, -0.05) is 0 Å². The molecule has 7 nitrogen and oxygen atoms in total. The van der Waals surface area contributed by atoms with Crippen molar-refractivity contribution in [3.05, 3.63) is 0 Å². The van der Waals surface area contributed by atoms with E-state index in [2.05, 4.69) is 5.32 Å². The molecule has 1 atom stereocenters. The highest BCUT2D eigenvalue weighted by atomic mass is 16.5. The number of hydrogen-bond donors (Lipinski definition) is 2. The third-order valence-electron chi connectivity index (χ3n) is 3.34. The van der Waals surface area contributed by atoms with Crippen LogP contribution in [0.5, 0.6) is 0 Å². The van der Waals surface area contributed by atoms with Gasteiger partial charge in [0.15, 0.2) is 0 Å². The van der Waals surface area contributed by atoms with Gasteiger partial charge in [-0.05, 0) is 20.8 Å². The molecule has 0 aromatic carbocycles. The minimum Gasteiger partial charge on any atom is -0.480 e. The summed E-state index contributed by atoms with van der Waals surface area (Å²) in [6.07, 6.45) is 0.160. The Bertz CT molecular complexity index is 328. The van der Waals surface area contributed by atoms with Crippen LogP contribution in [0.4, 0.5) is 4.79 Å². The Morgan fingerprint density at radius 2 is 1.80 bits per heavy atom. The fourth-order valence-electron chi connectivity index (χ4n) is 2.03. The summed E-state index contributed by atoms with van der Waals surface area (Å²) in [4.78, 5) is 26.4. The van der Waals surface area contributed by atoms with Crippen LogP contribution in [0.15, 0.2) is 0 Å². The number of aliphatic carboxylic acids is 1. The van der Waals surface area contributed by atoms with E-state index in [1.165, 1.54) is 0 Å². The van der Waals surface area contributed by atoms with Gasteiger partial charge in [0.1, 0.15) is 6.04 Å². The molecule has 0 radical (unpaired) electrons. The molecule has 1 saturated heterocycles. The first kappa shape index (κ1) is 16.7. The Labute approximate surface area is 119 Å². The molecule has 0 aromatic heterocycles. The summed E-state index contributed by atoms with van der Waals surface area (Å²) in [6, 6.07) is -0.611. The van der Waals surface area contributed by atoms with Crippen LogP contribution in [-0.2, 0) is 9.53 Å². The van der Waals surface area contributed by atoms with Crippen LogP contribution in [0.25, 0.3) is 0 Å². The van der Waals surface area contributed by atoms with Gasteiger partial charge < -0.3 is 20.1 Å². The molecule has 20 heavy (non-hydrogen) atoms. The average Bonchev–Trinajstić information content (AvgIpc) is 2.42. The zero-order valence-corrected chi connectivity index (χ0v) is 12.5. The molecule has 0 aliphatic carbocycles. The lowest BCUT2D eigenvalue weighted by molar-refractivity contribution is -0.143. The minimum atomic E-state index is -0.825. The number of carboxylic acid groups (broad SMARTS) is 1. The standard InChI is InChI=1S/C13H25N3O4/c1-10(2)20-9-4-14-13(19)16-7-5-15(6-8-16)11(3)12(17)18/h10-11H,4-9H2,1-3H3,(H,14,19)(H,17,18). The Hall–Kier alpha value is -1.34. The number of amides is 2. The molecule has 1 heterocycles. The number of urea groups is 1. The Balaban J connectivity index is 2.23. The van der Waals surface area contributed by atoms with Crippen molar-refractivity contribution in [3.8, 4) is 0 Å². The second-order valence-electron chi connectivity index (χ2n) is 5.19. The zero-order valence-electron chi connectivity index (χ0n) is 12.5. The molecule has 1 rings (SSSR count). The molecule has 116 valence electrons. The number of nitrogens with one attached hydrogen (secondary N) is 1. The van der Waals surface area contributed by atoms with Crippen molar-refractivity contribution < 1.29 is 19.4 Å². The summed E-state index contributed by atoms with van der Waals surface area (Å²) in [5.74, 6) is -0.825. The van der Waals surface area contributed by atoms with Crippen LogP contribution in [0, 0.1) is 0 Å². The third-order valence-corrected chi connectivity index (χ3v) is 3.34. The summed E-state index contributed by atoms with van der Waals surface area (Å²) in [5, 5.41) is 11.8. The summed E-state index contributed by atoms with van der Waals surface area (Å²) in [5.41, 5.74) is 0. The van der Waals surface area contributed by atoms with Crippen molar-refractivity contribution in [3.63, 3.8) is 0 Å². The van der Waals surface area contributed by atoms with Gasteiger partial charge in [0.2, 0.25) is 0 Å². The Morgan fingerprint density at radius 3 is 2.30 bits per heavy atom. The van der Waals surface area contributed by atoms with Crippen LogP contribution in [0.3, 0.4) is 0 Å². The maximum atomic E-state index is 11.9.